The Kier molecular flexibility index (Phi) is 67.4. The number of ether oxygens (including phenoxy) is 1. The van der Waals surface area contributed by atoms with Crippen LogP contribution in [0.25, 0.3) is 0 Å². The van der Waals surface area contributed by atoms with Crippen LogP contribution in [0.1, 0.15) is 406 Å². The molecule has 0 heterocycles. The monoisotopic (exact) mass is 1110 g/mol. The van der Waals surface area contributed by atoms with Gasteiger partial charge in [0.15, 0.2) is 0 Å². The number of carbonyl (C=O) groups is 2. The summed E-state index contributed by atoms with van der Waals surface area (Å²) in [4.78, 5) is 24.6. The van der Waals surface area contributed by atoms with Gasteiger partial charge in [-0.2, -0.15) is 0 Å². The van der Waals surface area contributed by atoms with E-state index in [-0.39, 0.29) is 18.5 Å². The second-order valence-electron chi connectivity index (χ2n) is 24.9. The number of aliphatic hydroxyl groups is 2. The van der Waals surface area contributed by atoms with Crippen LogP contribution in [0.15, 0.2) is 24.3 Å². The summed E-state index contributed by atoms with van der Waals surface area (Å²) < 4.78 is 5.50. The molecule has 0 aliphatic carbocycles. The Morgan fingerprint density at radius 3 is 0.987 bits per heavy atom. The molecule has 0 rings (SSSR count). The molecule has 0 bridgehead atoms. The van der Waals surface area contributed by atoms with Crippen LogP contribution >= 0.6 is 0 Å². The third-order valence-corrected chi connectivity index (χ3v) is 17.0. The van der Waals surface area contributed by atoms with Gasteiger partial charge in [-0.25, -0.2) is 0 Å². The average molecular weight is 1110 g/mol. The first kappa shape index (κ1) is 77.3. The number of esters is 1. The van der Waals surface area contributed by atoms with Gasteiger partial charge in [-0.3, -0.25) is 9.59 Å². The van der Waals surface area contributed by atoms with Crippen LogP contribution < -0.4 is 5.32 Å². The topological polar surface area (TPSA) is 95.9 Å². The molecule has 6 heteroatoms. The van der Waals surface area contributed by atoms with E-state index in [9.17, 15) is 19.8 Å². The van der Waals surface area contributed by atoms with Gasteiger partial charge in [0.2, 0.25) is 5.91 Å². The summed E-state index contributed by atoms with van der Waals surface area (Å²) in [5, 5.41) is 23.4. The number of amides is 1. The number of nitrogens with one attached hydrogen (secondary N) is 1. The Morgan fingerprint density at radius 1 is 0.354 bits per heavy atom. The Labute approximate surface area is 494 Å². The molecule has 0 radical (unpaired) electrons. The van der Waals surface area contributed by atoms with E-state index in [4.69, 9.17) is 4.74 Å². The third kappa shape index (κ3) is 65.4. The molecule has 0 saturated carbocycles. The summed E-state index contributed by atoms with van der Waals surface area (Å²) in [7, 11) is 0. The van der Waals surface area contributed by atoms with Gasteiger partial charge in [-0.05, 0) is 57.8 Å². The van der Waals surface area contributed by atoms with Crippen molar-refractivity contribution in [3.63, 3.8) is 0 Å². The van der Waals surface area contributed by atoms with Gasteiger partial charge in [0.25, 0.3) is 0 Å². The maximum Gasteiger partial charge on any atom is 0.305 e. The van der Waals surface area contributed by atoms with Crippen molar-refractivity contribution in [1.82, 2.24) is 5.32 Å². The standard InChI is InChI=1S/C73H141NO5/c1-3-5-7-9-11-13-15-17-19-21-34-37-41-45-49-53-57-61-65-71(76)70(69-75)74-72(77)66-62-58-54-50-46-42-38-35-31-29-27-25-23-22-24-26-28-30-32-36-40-44-48-52-56-60-64-68-79-73(78)67-63-59-55-51-47-43-39-33-20-18-16-14-12-10-8-6-4-2/h12,14,18,20,70-71,75-76H,3-11,13,15-17,19,21-69H2,1-2H3,(H,74,77)/b14-12-,20-18-. The highest BCUT2D eigenvalue weighted by Gasteiger charge is 2.20. The van der Waals surface area contributed by atoms with E-state index >= 15 is 0 Å². The Balaban J connectivity index is 3.34. The van der Waals surface area contributed by atoms with Gasteiger partial charge in [0, 0.05) is 12.8 Å². The molecule has 79 heavy (non-hydrogen) atoms. The van der Waals surface area contributed by atoms with Crippen molar-refractivity contribution >= 4 is 11.9 Å². The summed E-state index contributed by atoms with van der Waals surface area (Å²) >= 11 is 0. The highest BCUT2D eigenvalue weighted by atomic mass is 16.5. The summed E-state index contributed by atoms with van der Waals surface area (Å²) in [6, 6.07) is -0.540. The molecule has 0 spiro atoms. The van der Waals surface area contributed by atoms with E-state index in [1.165, 1.54) is 321 Å². The van der Waals surface area contributed by atoms with Crippen LogP contribution in [0, 0.1) is 0 Å². The Hall–Kier alpha value is -1.66. The van der Waals surface area contributed by atoms with Crippen molar-refractivity contribution in [3.05, 3.63) is 24.3 Å². The van der Waals surface area contributed by atoms with Crippen molar-refractivity contribution < 1.29 is 24.5 Å². The van der Waals surface area contributed by atoms with E-state index < -0.39 is 12.1 Å². The Bertz CT molecular complexity index is 1230. The smallest absolute Gasteiger partial charge is 0.305 e. The fraction of sp³-hybridized carbons (Fsp3) is 0.918. The number of rotatable bonds is 68. The van der Waals surface area contributed by atoms with Gasteiger partial charge in [-0.15, -0.1) is 0 Å². The number of aliphatic hydroxyl groups excluding tert-OH is 2. The van der Waals surface area contributed by atoms with Crippen LogP contribution in [0.2, 0.25) is 0 Å². The number of hydrogen-bond acceptors (Lipinski definition) is 5. The molecule has 0 fully saturated rings. The maximum atomic E-state index is 12.5. The normalized spacial score (nSPS) is 12.6. The quantitative estimate of drug-likeness (QED) is 0.0320. The summed E-state index contributed by atoms with van der Waals surface area (Å²) in [6.07, 6.45) is 86.6. The van der Waals surface area contributed by atoms with E-state index in [2.05, 4.69) is 43.5 Å². The maximum absolute atomic E-state index is 12.5. The highest BCUT2D eigenvalue weighted by molar-refractivity contribution is 5.76. The molecule has 468 valence electrons. The number of hydrogen-bond donors (Lipinski definition) is 3. The van der Waals surface area contributed by atoms with E-state index in [1.54, 1.807) is 0 Å². The zero-order chi connectivity index (χ0) is 57.1. The summed E-state index contributed by atoms with van der Waals surface area (Å²) in [5.74, 6) is -0.0171. The molecule has 0 aliphatic heterocycles. The van der Waals surface area contributed by atoms with Crippen molar-refractivity contribution in [2.24, 2.45) is 0 Å². The predicted octanol–water partition coefficient (Wildman–Crippen LogP) is 23.3. The molecule has 0 aliphatic rings. The molecule has 2 atom stereocenters. The molecule has 3 N–H and O–H groups in total. The summed E-state index contributed by atoms with van der Waals surface area (Å²) in [6.45, 7) is 4.97. The lowest BCUT2D eigenvalue weighted by atomic mass is 10.0. The fourth-order valence-corrected chi connectivity index (χ4v) is 11.5. The van der Waals surface area contributed by atoms with Crippen LogP contribution in [0.4, 0.5) is 0 Å². The minimum Gasteiger partial charge on any atom is -0.466 e. The SMILES string of the molecule is CCCCC/C=C\C/C=C\CCCCCCCCCC(=O)OCCCCCCCCCCCCCCCCCCCCCCCCCCCCCC(=O)NC(CO)C(O)CCCCCCCCCCCCCCCCCCCC. The van der Waals surface area contributed by atoms with Gasteiger partial charge >= 0.3 is 5.97 Å². The first-order chi connectivity index (χ1) is 39.0. The second kappa shape index (κ2) is 68.8. The van der Waals surface area contributed by atoms with E-state index in [1.807, 2.05) is 0 Å². The van der Waals surface area contributed by atoms with Gasteiger partial charge in [0.05, 0.1) is 25.4 Å². The largest absolute Gasteiger partial charge is 0.466 e. The number of carbonyl (C=O) groups excluding carboxylic acids is 2. The molecule has 0 aromatic rings. The molecule has 6 nitrogen and oxygen atoms in total. The number of allylic oxidation sites excluding steroid dienone is 4. The minimum atomic E-state index is -0.663. The van der Waals surface area contributed by atoms with E-state index in [0.29, 0.717) is 25.9 Å². The van der Waals surface area contributed by atoms with Gasteiger partial charge in [-0.1, -0.05) is 359 Å². The lowest BCUT2D eigenvalue weighted by Gasteiger charge is -2.22. The molecule has 0 aromatic heterocycles. The Morgan fingerprint density at radius 2 is 0.633 bits per heavy atom. The molecule has 0 saturated heterocycles. The molecule has 1 amide bonds. The van der Waals surface area contributed by atoms with Crippen molar-refractivity contribution in [2.75, 3.05) is 13.2 Å². The third-order valence-electron chi connectivity index (χ3n) is 17.0. The average Bonchev–Trinajstić information content (AvgIpc) is 3.45. The number of unbranched alkanes of at least 4 members (excludes halogenated alkanes) is 53. The van der Waals surface area contributed by atoms with Crippen molar-refractivity contribution in [2.45, 2.75) is 418 Å². The zero-order valence-corrected chi connectivity index (χ0v) is 53.6. The van der Waals surface area contributed by atoms with Crippen molar-refractivity contribution in [1.29, 1.82) is 0 Å². The highest BCUT2D eigenvalue weighted by Crippen LogP contribution is 2.19. The van der Waals surface area contributed by atoms with E-state index in [0.717, 1.165) is 51.4 Å². The fourth-order valence-electron chi connectivity index (χ4n) is 11.5. The predicted molar refractivity (Wildman–Crippen MR) is 347 cm³/mol. The molecule has 0 aromatic carbocycles. The molecule has 2 unspecified atom stereocenters. The van der Waals surface area contributed by atoms with Crippen LogP contribution in [-0.4, -0.2) is 47.4 Å². The minimum absolute atomic E-state index is 0.0111. The second-order valence-corrected chi connectivity index (χ2v) is 24.9. The first-order valence-electron chi connectivity index (χ1n) is 36.1. The first-order valence-corrected chi connectivity index (χ1v) is 36.1. The van der Waals surface area contributed by atoms with Gasteiger partial charge in [0.1, 0.15) is 0 Å². The molecular formula is C73H141NO5. The lowest BCUT2D eigenvalue weighted by Crippen LogP contribution is -2.45. The van der Waals surface area contributed by atoms with Crippen LogP contribution in [0.3, 0.4) is 0 Å². The lowest BCUT2D eigenvalue weighted by molar-refractivity contribution is -0.143. The summed E-state index contributed by atoms with van der Waals surface area (Å²) in [5.41, 5.74) is 0. The van der Waals surface area contributed by atoms with Crippen molar-refractivity contribution in [3.8, 4) is 0 Å². The van der Waals surface area contributed by atoms with Gasteiger partial charge < -0.3 is 20.3 Å². The zero-order valence-electron chi connectivity index (χ0n) is 53.6. The van der Waals surface area contributed by atoms with Crippen LogP contribution in [0.5, 0.6) is 0 Å². The van der Waals surface area contributed by atoms with Crippen LogP contribution in [-0.2, 0) is 14.3 Å². The molecular weight excluding hydrogens is 971 g/mol.